The van der Waals surface area contributed by atoms with Crippen molar-refractivity contribution in [3.63, 3.8) is 0 Å². The molecule has 31 heavy (non-hydrogen) atoms. The highest BCUT2D eigenvalue weighted by molar-refractivity contribution is 5.93. The second-order valence-electron chi connectivity index (χ2n) is 8.01. The van der Waals surface area contributed by atoms with E-state index in [-0.39, 0.29) is 12.0 Å². The molecule has 1 saturated heterocycles. The number of ether oxygens (including phenoxy) is 1. The second kappa shape index (κ2) is 12.1. The number of hydrogen-bond acceptors (Lipinski definition) is 4. The van der Waals surface area contributed by atoms with E-state index in [1.54, 1.807) is 31.2 Å². The van der Waals surface area contributed by atoms with Gasteiger partial charge in [0.05, 0.1) is 12.2 Å². The molecule has 6 nitrogen and oxygen atoms in total. The molecule has 1 aliphatic rings. The van der Waals surface area contributed by atoms with E-state index in [9.17, 15) is 9.59 Å². The molecule has 1 fully saturated rings. The summed E-state index contributed by atoms with van der Waals surface area (Å²) < 4.78 is 4.99. The largest absolute Gasteiger partial charge is 0.462 e. The maximum absolute atomic E-state index is 12.1. The normalized spacial score (nSPS) is 14.7. The van der Waals surface area contributed by atoms with Crippen LogP contribution in [0.2, 0.25) is 0 Å². The molecule has 0 saturated carbocycles. The van der Waals surface area contributed by atoms with Crippen LogP contribution in [0, 0.1) is 5.92 Å². The number of piperidine rings is 1. The van der Waals surface area contributed by atoms with Gasteiger partial charge in [-0.25, -0.2) is 9.59 Å². The van der Waals surface area contributed by atoms with Crippen LogP contribution in [0.25, 0.3) is 0 Å². The third-order valence-corrected chi connectivity index (χ3v) is 5.64. The highest BCUT2D eigenvalue weighted by atomic mass is 16.5. The molecule has 2 aromatic rings. The number of benzene rings is 2. The Morgan fingerprint density at radius 3 is 2.58 bits per heavy atom. The fraction of sp³-hybridized carbons (Fsp3) is 0.440. The van der Waals surface area contributed by atoms with Gasteiger partial charge in [-0.15, -0.1) is 0 Å². The molecule has 0 aromatic heterocycles. The fourth-order valence-electron chi connectivity index (χ4n) is 3.98. The van der Waals surface area contributed by atoms with Gasteiger partial charge in [0, 0.05) is 12.2 Å². The van der Waals surface area contributed by atoms with Crippen LogP contribution in [0.15, 0.2) is 54.6 Å². The van der Waals surface area contributed by atoms with Crippen molar-refractivity contribution in [1.29, 1.82) is 0 Å². The van der Waals surface area contributed by atoms with Gasteiger partial charge in [-0.05, 0) is 81.9 Å². The van der Waals surface area contributed by atoms with E-state index in [4.69, 9.17) is 4.74 Å². The summed E-state index contributed by atoms with van der Waals surface area (Å²) in [4.78, 5) is 26.4. The maximum Gasteiger partial charge on any atom is 0.338 e. The number of urea groups is 1. The van der Waals surface area contributed by atoms with Crippen molar-refractivity contribution in [3.8, 4) is 0 Å². The monoisotopic (exact) mass is 423 g/mol. The summed E-state index contributed by atoms with van der Waals surface area (Å²) in [5, 5.41) is 5.67. The number of esters is 1. The van der Waals surface area contributed by atoms with Crippen LogP contribution in [0.4, 0.5) is 10.5 Å². The summed E-state index contributed by atoms with van der Waals surface area (Å²) in [6.45, 7) is 5.96. The summed E-state index contributed by atoms with van der Waals surface area (Å²) in [6, 6.07) is 17.2. The van der Waals surface area contributed by atoms with Gasteiger partial charge in [0.2, 0.25) is 0 Å². The van der Waals surface area contributed by atoms with Gasteiger partial charge in [-0.1, -0.05) is 36.4 Å². The number of anilines is 1. The van der Waals surface area contributed by atoms with Crippen molar-refractivity contribution in [1.82, 2.24) is 10.2 Å². The van der Waals surface area contributed by atoms with Gasteiger partial charge >= 0.3 is 12.0 Å². The van der Waals surface area contributed by atoms with Crippen LogP contribution < -0.4 is 10.6 Å². The number of nitrogens with one attached hydrogen (secondary N) is 2. The molecular weight excluding hydrogens is 390 g/mol. The van der Waals surface area contributed by atoms with E-state index in [0.29, 0.717) is 24.4 Å². The first kappa shape index (κ1) is 22.8. The number of likely N-dealkylation sites (tertiary alicyclic amines) is 1. The van der Waals surface area contributed by atoms with Gasteiger partial charge in [0.15, 0.2) is 0 Å². The lowest BCUT2D eigenvalue weighted by molar-refractivity contribution is 0.0526. The average molecular weight is 424 g/mol. The third-order valence-electron chi connectivity index (χ3n) is 5.64. The fourth-order valence-corrected chi connectivity index (χ4v) is 3.98. The number of amides is 2. The highest BCUT2D eigenvalue weighted by Crippen LogP contribution is 2.21. The Bertz CT molecular complexity index is 833. The van der Waals surface area contributed by atoms with Gasteiger partial charge < -0.3 is 20.3 Å². The van der Waals surface area contributed by atoms with Crippen LogP contribution in [-0.2, 0) is 11.2 Å². The predicted octanol–water partition coefficient (Wildman–Crippen LogP) is 4.33. The summed E-state index contributed by atoms with van der Waals surface area (Å²) in [6.07, 6.45) is 4.56. The van der Waals surface area contributed by atoms with Crippen molar-refractivity contribution < 1.29 is 14.3 Å². The molecule has 2 N–H and O–H groups in total. The quantitative estimate of drug-likeness (QED) is 0.465. The van der Waals surface area contributed by atoms with E-state index in [1.165, 1.54) is 24.8 Å². The highest BCUT2D eigenvalue weighted by Gasteiger charge is 2.19. The predicted molar refractivity (Wildman–Crippen MR) is 123 cm³/mol. The van der Waals surface area contributed by atoms with E-state index < -0.39 is 0 Å². The molecule has 3 rings (SSSR count). The minimum Gasteiger partial charge on any atom is -0.462 e. The van der Waals surface area contributed by atoms with Crippen molar-refractivity contribution in [2.45, 2.75) is 32.6 Å². The molecule has 1 heterocycles. The molecule has 0 aliphatic carbocycles. The maximum atomic E-state index is 12.1. The molecule has 0 unspecified atom stereocenters. The van der Waals surface area contributed by atoms with Crippen LogP contribution in [0.1, 0.15) is 42.1 Å². The topological polar surface area (TPSA) is 70.7 Å². The lowest BCUT2D eigenvalue weighted by Gasteiger charge is -2.32. The molecule has 1 aliphatic heterocycles. The molecular formula is C25H33N3O3. The number of carbonyl (C=O) groups excluding carboxylic acids is 2. The first-order valence-electron chi connectivity index (χ1n) is 11.2. The smallest absolute Gasteiger partial charge is 0.338 e. The first-order chi connectivity index (χ1) is 15.1. The molecule has 0 atom stereocenters. The molecule has 2 aromatic carbocycles. The zero-order valence-electron chi connectivity index (χ0n) is 18.3. The van der Waals surface area contributed by atoms with Crippen LogP contribution >= 0.6 is 0 Å². The van der Waals surface area contributed by atoms with Gasteiger partial charge in [0.1, 0.15) is 0 Å². The minimum absolute atomic E-state index is 0.262. The number of nitrogens with zero attached hydrogens (tertiary/aromatic N) is 1. The Labute approximate surface area is 185 Å². The molecule has 166 valence electrons. The summed E-state index contributed by atoms with van der Waals surface area (Å²) in [5.41, 5.74) is 2.43. The molecule has 0 bridgehead atoms. The van der Waals surface area contributed by atoms with Gasteiger partial charge in [0.25, 0.3) is 0 Å². The summed E-state index contributed by atoms with van der Waals surface area (Å²) in [7, 11) is 0. The Morgan fingerprint density at radius 2 is 1.84 bits per heavy atom. The Hall–Kier alpha value is -2.86. The zero-order chi connectivity index (χ0) is 21.9. The first-order valence-corrected chi connectivity index (χ1v) is 11.2. The van der Waals surface area contributed by atoms with Gasteiger partial charge in [-0.2, -0.15) is 0 Å². The van der Waals surface area contributed by atoms with Crippen LogP contribution in [0.5, 0.6) is 0 Å². The van der Waals surface area contributed by atoms with E-state index in [2.05, 4.69) is 45.9 Å². The van der Waals surface area contributed by atoms with Crippen molar-refractivity contribution in [2.24, 2.45) is 5.92 Å². The molecule has 0 radical (unpaired) electrons. The zero-order valence-corrected chi connectivity index (χ0v) is 18.3. The average Bonchev–Trinajstić information content (AvgIpc) is 2.79. The van der Waals surface area contributed by atoms with Crippen LogP contribution in [-0.4, -0.2) is 49.7 Å². The number of rotatable bonds is 9. The molecule has 6 heteroatoms. The SMILES string of the molecule is CCOC(=O)c1cccc(NC(=O)NCCCN2CCC(Cc3ccccc3)CC2)c1. The van der Waals surface area contributed by atoms with E-state index in [1.807, 2.05) is 0 Å². The lowest BCUT2D eigenvalue weighted by Crippen LogP contribution is -2.37. The minimum atomic E-state index is -0.390. The third kappa shape index (κ3) is 7.72. The molecule has 2 amide bonds. The standard InChI is InChI=1S/C25H33N3O3/c1-2-31-24(29)22-10-6-11-23(19-22)27-25(30)26-14-7-15-28-16-12-21(13-17-28)18-20-8-4-3-5-9-20/h3-6,8-11,19,21H,2,7,12-18H2,1H3,(H2,26,27,30). The van der Waals surface area contributed by atoms with E-state index >= 15 is 0 Å². The Morgan fingerprint density at radius 1 is 1.06 bits per heavy atom. The van der Waals surface area contributed by atoms with Gasteiger partial charge in [-0.3, -0.25) is 0 Å². The summed E-state index contributed by atoms with van der Waals surface area (Å²) in [5.74, 6) is 0.382. The number of carbonyl (C=O) groups is 2. The lowest BCUT2D eigenvalue weighted by atomic mass is 9.90. The van der Waals surface area contributed by atoms with Crippen LogP contribution in [0.3, 0.4) is 0 Å². The van der Waals surface area contributed by atoms with E-state index in [0.717, 1.165) is 32.0 Å². The Balaban J connectivity index is 1.30. The van der Waals surface area contributed by atoms with Crippen molar-refractivity contribution >= 4 is 17.7 Å². The van der Waals surface area contributed by atoms with Crippen molar-refractivity contribution in [3.05, 3.63) is 65.7 Å². The number of hydrogen-bond donors (Lipinski definition) is 2. The summed E-state index contributed by atoms with van der Waals surface area (Å²) >= 11 is 0. The van der Waals surface area contributed by atoms with Crippen molar-refractivity contribution in [2.75, 3.05) is 38.1 Å². The Kier molecular flexibility index (Phi) is 8.91. The molecule has 0 spiro atoms. The second-order valence-corrected chi connectivity index (χ2v) is 8.01.